The summed E-state index contributed by atoms with van der Waals surface area (Å²) in [5.41, 5.74) is 0.987. The van der Waals surface area contributed by atoms with Gasteiger partial charge in [0.15, 0.2) is 0 Å². The lowest BCUT2D eigenvalue weighted by atomic mass is 10.1. The number of hydrogen-bond acceptors (Lipinski definition) is 2. The fourth-order valence-electron chi connectivity index (χ4n) is 1.37. The lowest BCUT2D eigenvalue weighted by Gasteiger charge is -2.15. The molecule has 3 nitrogen and oxygen atoms in total. The molecule has 76 valence electrons. The van der Waals surface area contributed by atoms with Crippen LogP contribution in [0.1, 0.15) is 18.5 Å². The van der Waals surface area contributed by atoms with Crippen molar-refractivity contribution in [3.63, 3.8) is 0 Å². The Morgan fingerprint density at radius 1 is 1.36 bits per heavy atom. The Kier molecular flexibility index (Phi) is 4.13. The number of likely N-dealkylation sites (N-methyl/N-ethyl adjacent to an activating group) is 2. The van der Waals surface area contributed by atoms with E-state index in [1.807, 2.05) is 37.3 Å². The molecule has 1 atom stereocenters. The van der Waals surface area contributed by atoms with E-state index in [1.54, 1.807) is 7.05 Å². The fraction of sp³-hybridized carbons (Fsp3) is 0.364. The van der Waals surface area contributed by atoms with Gasteiger partial charge in [-0.3, -0.25) is 4.79 Å². The van der Waals surface area contributed by atoms with Crippen LogP contribution >= 0.6 is 0 Å². The predicted octanol–water partition coefficient (Wildman–Crippen LogP) is 1.08. The molecule has 1 rings (SSSR count). The molecular formula is C11H16N2O. The largest absolute Gasteiger partial charge is 0.355 e. The molecule has 2 N–H and O–H groups in total. The van der Waals surface area contributed by atoms with Crippen LogP contribution in [0.4, 0.5) is 0 Å². The second-order valence-corrected chi connectivity index (χ2v) is 3.03. The molecule has 0 radical (unpaired) electrons. The number of rotatable bonds is 4. The van der Waals surface area contributed by atoms with Gasteiger partial charge in [-0.2, -0.15) is 0 Å². The van der Waals surface area contributed by atoms with Crippen molar-refractivity contribution < 1.29 is 4.79 Å². The zero-order valence-electron chi connectivity index (χ0n) is 8.58. The zero-order chi connectivity index (χ0) is 10.4. The van der Waals surface area contributed by atoms with Gasteiger partial charge in [0.25, 0.3) is 0 Å². The van der Waals surface area contributed by atoms with E-state index in [2.05, 4.69) is 10.6 Å². The van der Waals surface area contributed by atoms with Crippen molar-refractivity contribution >= 4 is 5.91 Å². The topological polar surface area (TPSA) is 41.1 Å². The third-order valence-electron chi connectivity index (χ3n) is 2.03. The maximum Gasteiger partial charge on any atom is 0.241 e. The number of amides is 1. The second kappa shape index (κ2) is 5.40. The van der Waals surface area contributed by atoms with E-state index in [-0.39, 0.29) is 11.9 Å². The molecule has 0 fully saturated rings. The summed E-state index contributed by atoms with van der Waals surface area (Å²) in [5.74, 6) is 0.0150. The summed E-state index contributed by atoms with van der Waals surface area (Å²) in [6, 6.07) is 9.43. The van der Waals surface area contributed by atoms with E-state index in [1.165, 1.54) is 0 Å². The van der Waals surface area contributed by atoms with Gasteiger partial charge in [-0.05, 0) is 19.5 Å². The summed E-state index contributed by atoms with van der Waals surface area (Å²) in [6.45, 7) is 2.57. The highest BCUT2D eigenvalue weighted by molar-refractivity contribution is 5.83. The molecule has 1 aromatic rings. The van der Waals surface area contributed by atoms with Crippen molar-refractivity contribution in [2.45, 2.75) is 13.0 Å². The summed E-state index contributed by atoms with van der Waals surface area (Å²) in [5, 5.41) is 5.78. The predicted molar refractivity (Wildman–Crippen MR) is 56.9 cm³/mol. The average Bonchev–Trinajstić information content (AvgIpc) is 2.21. The van der Waals surface area contributed by atoms with Gasteiger partial charge in [0.2, 0.25) is 5.91 Å². The number of nitrogens with one attached hydrogen (secondary N) is 2. The van der Waals surface area contributed by atoms with E-state index >= 15 is 0 Å². The van der Waals surface area contributed by atoms with Crippen molar-refractivity contribution in [3.05, 3.63) is 35.9 Å². The minimum Gasteiger partial charge on any atom is -0.355 e. The highest BCUT2D eigenvalue weighted by Gasteiger charge is 2.16. The van der Waals surface area contributed by atoms with Crippen LogP contribution in [0, 0.1) is 0 Å². The third kappa shape index (κ3) is 2.57. The molecule has 1 unspecified atom stereocenters. The first-order valence-electron chi connectivity index (χ1n) is 4.79. The summed E-state index contributed by atoms with van der Waals surface area (Å²) in [7, 11) is 1.78. The molecule has 14 heavy (non-hydrogen) atoms. The van der Waals surface area contributed by atoms with Gasteiger partial charge in [0.1, 0.15) is 6.04 Å². The molecule has 0 spiro atoms. The van der Waals surface area contributed by atoms with Crippen molar-refractivity contribution in [2.75, 3.05) is 13.6 Å². The molecule has 0 bridgehead atoms. The minimum absolute atomic E-state index is 0.0150. The zero-order valence-corrected chi connectivity index (χ0v) is 8.58. The summed E-state index contributed by atoms with van der Waals surface area (Å²) >= 11 is 0. The smallest absolute Gasteiger partial charge is 0.241 e. The van der Waals surface area contributed by atoms with Crippen molar-refractivity contribution in [3.8, 4) is 0 Å². The summed E-state index contributed by atoms with van der Waals surface area (Å²) < 4.78 is 0. The second-order valence-electron chi connectivity index (χ2n) is 3.03. The highest BCUT2D eigenvalue weighted by atomic mass is 16.2. The van der Waals surface area contributed by atoms with E-state index in [0.29, 0.717) is 6.54 Å². The van der Waals surface area contributed by atoms with Crippen LogP contribution in [0.2, 0.25) is 0 Å². The molecule has 0 saturated carbocycles. The van der Waals surface area contributed by atoms with Crippen LogP contribution in [-0.4, -0.2) is 19.5 Å². The van der Waals surface area contributed by atoms with Crippen LogP contribution in [0.15, 0.2) is 30.3 Å². The van der Waals surface area contributed by atoms with E-state index in [9.17, 15) is 4.79 Å². The van der Waals surface area contributed by atoms with Crippen molar-refractivity contribution in [2.24, 2.45) is 0 Å². The van der Waals surface area contributed by atoms with E-state index < -0.39 is 0 Å². The molecule has 0 aliphatic heterocycles. The molecule has 0 aliphatic rings. The first-order valence-corrected chi connectivity index (χ1v) is 4.79. The number of carbonyl (C=O) groups is 1. The normalized spacial score (nSPS) is 12.1. The molecular weight excluding hydrogens is 176 g/mol. The Labute approximate surface area is 84.5 Å². The summed E-state index contributed by atoms with van der Waals surface area (Å²) in [4.78, 5) is 11.6. The molecule has 1 amide bonds. The Hall–Kier alpha value is -1.35. The van der Waals surface area contributed by atoms with Gasteiger partial charge in [-0.25, -0.2) is 0 Å². The van der Waals surface area contributed by atoms with Crippen LogP contribution in [-0.2, 0) is 4.79 Å². The maximum absolute atomic E-state index is 11.6. The minimum atomic E-state index is -0.254. The van der Waals surface area contributed by atoms with E-state index in [0.717, 1.165) is 5.56 Å². The summed E-state index contributed by atoms with van der Waals surface area (Å²) in [6.07, 6.45) is 0. The molecule has 0 heterocycles. The van der Waals surface area contributed by atoms with Gasteiger partial charge in [-0.1, -0.05) is 30.3 Å². The van der Waals surface area contributed by atoms with Crippen LogP contribution in [0.5, 0.6) is 0 Å². The molecule has 0 aliphatic carbocycles. The Bertz CT molecular complexity index is 285. The molecule has 1 aromatic carbocycles. The van der Waals surface area contributed by atoms with Gasteiger partial charge in [0, 0.05) is 6.54 Å². The number of hydrogen-bond donors (Lipinski definition) is 2. The third-order valence-corrected chi connectivity index (χ3v) is 2.03. The van der Waals surface area contributed by atoms with Crippen LogP contribution in [0.3, 0.4) is 0 Å². The van der Waals surface area contributed by atoms with Crippen LogP contribution in [0.25, 0.3) is 0 Å². The standard InChI is InChI=1S/C11H16N2O/c1-3-13-11(14)10(12-2)9-7-5-4-6-8-9/h4-8,10,12H,3H2,1-2H3,(H,13,14). The lowest BCUT2D eigenvalue weighted by molar-refractivity contribution is -0.123. The highest BCUT2D eigenvalue weighted by Crippen LogP contribution is 2.11. The van der Waals surface area contributed by atoms with Gasteiger partial charge in [-0.15, -0.1) is 0 Å². The molecule has 3 heteroatoms. The number of carbonyl (C=O) groups excluding carboxylic acids is 1. The van der Waals surface area contributed by atoms with Gasteiger partial charge >= 0.3 is 0 Å². The maximum atomic E-state index is 11.6. The first-order chi connectivity index (χ1) is 6.79. The number of benzene rings is 1. The fourth-order valence-corrected chi connectivity index (χ4v) is 1.37. The average molecular weight is 192 g/mol. The molecule has 0 saturated heterocycles. The Morgan fingerprint density at radius 3 is 2.50 bits per heavy atom. The Morgan fingerprint density at radius 2 is 2.00 bits per heavy atom. The van der Waals surface area contributed by atoms with Crippen molar-refractivity contribution in [1.82, 2.24) is 10.6 Å². The Balaban J connectivity index is 2.77. The monoisotopic (exact) mass is 192 g/mol. The molecule has 0 aromatic heterocycles. The van der Waals surface area contributed by atoms with Gasteiger partial charge < -0.3 is 10.6 Å². The van der Waals surface area contributed by atoms with Gasteiger partial charge in [0.05, 0.1) is 0 Å². The quantitative estimate of drug-likeness (QED) is 0.749. The van der Waals surface area contributed by atoms with E-state index in [4.69, 9.17) is 0 Å². The van der Waals surface area contributed by atoms with Crippen LogP contribution < -0.4 is 10.6 Å². The first kappa shape index (κ1) is 10.7. The SMILES string of the molecule is CCNC(=O)C(NC)c1ccccc1. The van der Waals surface area contributed by atoms with Crippen molar-refractivity contribution in [1.29, 1.82) is 0 Å². The lowest BCUT2D eigenvalue weighted by Crippen LogP contribution is -2.35.